The van der Waals surface area contributed by atoms with Crippen molar-refractivity contribution in [2.75, 3.05) is 54.4 Å². The molecule has 0 radical (unpaired) electrons. The van der Waals surface area contributed by atoms with E-state index < -0.39 is 132 Å². The Morgan fingerprint density at radius 3 is 1.71 bits per heavy atom. The smallest absolute Gasteiger partial charge is 0.248 e. The molecule has 78 heavy (non-hydrogen) atoms. The maximum Gasteiger partial charge on any atom is 0.248 e. The van der Waals surface area contributed by atoms with Crippen LogP contribution in [-0.2, 0) is 65.5 Å². The number of hydrogen-bond donors (Lipinski definition) is 6. The van der Waals surface area contributed by atoms with Crippen molar-refractivity contribution in [3.8, 4) is 0 Å². The van der Waals surface area contributed by atoms with Crippen molar-refractivity contribution in [2.45, 2.75) is 160 Å². The second kappa shape index (κ2) is 29.2. The molecule has 2 aromatic rings. The summed E-state index contributed by atoms with van der Waals surface area (Å²) in [5, 5.41) is 23.8. The van der Waals surface area contributed by atoms with Crippen LogP contribution in [0.15, 0.2) is 60.7 Å². The van der Waals surface area contributed by atoms with Gasteiger partial charge in [-0.05, 0) is 84.3 Å². The van der Waals surface area contributed by atoms with Gasteiger partial charge in [0, 0.05) is 54.1 Å². The van der Waals surface area contributed by atoms with E-state index in [1.165, 1.54) is 63.7 Å². The fourth-order valence-corrected chi connectivity index (χ4v) is 9.23. The monoisotopic (exact) mass is 1090 g/mol. The van der Waals surface area contributed by atoms with Crippen LogP contribution in [-0.4, -0.2) is 203 Å². The quantitative estimate of drug-likeness (QED) is 0.190. The molecule has 0 aliphatic carbocycles. The third kappa shape index (κ3) is 18.3. The molecule has 10 amide bonds. The zero-order valence-electron chi connectivity index (χ0n) is 47.5. The summed E-state index contributed by atoms with van der Waals surface area (Å²) in [6.45, 7) is 12.7. The van der Waals surface area contributed by atoms with Crippen molar-refractivity contribution in [1.29, 1.82) is 0 Å². The van der Waals surface area contributed by atoms with E-state index in [0.29, 0.717) is 37.1 Å². The molecule has 0 spiro atoms. The number of nitrogens with one attached hydrogen (secondary N) is 5. The zero-order chi connectivity index (χ0) is 58.2. The highest BCUT2D eigenvalue weighted by molar-refractivity contribution is 5.99. The van der Waals surface area contributed by atoms with E-state index in [1.807, 2.05) is 13.8 Å². The summed E-state index contributed by atoms with van der Waals surface area (Å²) in [7, 11) is 5.51. The predicted molar refractivity (Wildman–Crippen MR) is 290 cm³/mol. The molecule has 2 aliphatic heterocycles. The van der Waals surface area contributed by atoms with E-state index in [4.69, 9.17) is 4.74 Å². The molecule has 0 bridgehead atoms. The first kappa shape index (κ1) is 63.6. The SMILES string of the molecule is CC(C)C[C@H]1C(=O)NCC(=O)N[C@H](C(=O)N2CCCCC2)CC(=O)N[C@H](C)C(=O)N[C@@H]([C@@H](C)O)C(=O)N(C)[C@@H](C)C(=O)N(C)[C@@H](Cc2ccccc2)C(=O)N[C@@H](COC(C)(C)C)C(=O)N(C)[C@@H](Cc2ccccc2)C(=O)N1C. The number of aliphatic hydroxyl groups is 1. The Bertz CT molecular complexity index is 2410. The van der Waals surface area contributed by atoms with Crippen LogP contribution < -0.4 is 26.6 Å². The van der Waals surface area contributed by atoms with Crippen molar-refractivity contribution in [3.63, 3.8) is 0 Å². The molecule has 2 saturated heterocycles. The molecule has 0 aromatic heterocycles. The Morgan fingerprint density at radius 2 is 1.17 bits per heavy atom. The third-order valence-corrected chi connectivity index (χ3v) is 14.1. The van der Waals surface area contributed by atoms with Gasteiger partial charge in [-0.15, -0.1) is 0 Å². The number of likely N-dealkylation sites (N-methyl/N-ethyl adjacent to an activating group) is 4. The Labute approximate surface area is 459 Å². The number of amides is 10. The predicted octanol–water partition coefficient (Wildman–Crippen LogP) is 0.533. The first-order valence-corrected chi connectivity index (χ1v) is 26.8. The lowest BCUT2D eigenvalue weighted by molar-refractivity contribution is -0.152. The molecule has 22 nitrogen and oxygen atoms in total. The van der Waals surface area contributed by atoms with Gasteiger partial charge in [-0.1, -0.05) is 74.5 Å². The van der Waals surface area contributed by atoms with E-state index in [9.17, 15) is 43.5 Å². The second-order valence-corrected chi connectivity index (χ2v) is 22.0. The highest BCUT2D eigenvalue weighted by Crippen LogP contribution is 2.20. The van der Waals surface area contributed by atoms with Crippen LogP contribution in [0, 0.1) is 5.92 Å². The number of rotatable bonds is 10. The molecule has 0 saturated carbocycles. The first-order valence-electron chi connectivity index (χ1n) is 26.8. The minimum atomic E-state index is -1.63. The van der Waals surface area contributed by atoms with E-state index in [-0.39, 0.29) is 31.8 Å². The summed E-state index contributed by atoms with van der Waals surface area (Å²) < 4.78 is 6.14. The van der Waals surface area contributed by atoms with E-state index >= 15 is 9.59 Å². The van der Waals surface area contributed by atoms with E-state index in [0.717, 1.165) is 16.2 Å². The molecule has 0 unspecified atom stereocenters. The van der Waals surface area contributed by atoms with Gasteiger partial charge in [-0.2, -0.15) is 0 Å². The van der Waals surface area contributed by atoms with E-state index in [2.05, 4.69) is 26.6 Å². The van der Waals surface area contributed by atoms with Gasteiger partial charge in [0.25, 0.3) is 0 Å². The van der Waals surface area contributed by atoms with Gasteiger partial charge in [0.1, 0.15) is 48.3 Å². The normalized spacial score (nSPS) is 25.6. The van der Waals surface area contributed by atoms with Crippen molar-refractivity contribution in [1.82, 2.24) is 51.1 Å². The zero-order valence-corrected chi connectivity index (χ0v) is 47.5. The number of piperidine rings is 1. The minimum absolute atomic E-state index is 0.0259. The number of nitrogens with zero attached hydrogens (tertiary/aromatic N) is 5. The summed E-state index contributed by atoms with van der Waals surface area (Å²) in [5.74, 6) is -7.75. The summed E-state index contributed by atoms with van der Waals surface area (Å²) >= 11 is 0. The largest absolute Gasteiger partial charge is 0.391 e. The lowest BCUT2D eigenvalue weighted by Crippen LogP contribution is -2.62. The van der Waals surface area contributed by atoms with Gasteiger partial charge in [0.05, 0.1) is 31.3 Å². The summed E-state index contributed by atoms with van der Waals surface area (Å²) in [5.41, 5.74) is 0.488. The first-order chi connectivity index (χ1) is 36.6. The molecule has 22 heteroatoms. The fraction of sp³-hybridized carbons (Fsp3) is 0.607. The van der Waals surface area contributed by atoms with Crippen LogP contribution in [0.3, 0.4) is 0 Å². The van der Waals surface area contributed by atoms with Crippen molar-refractivity contribution >= 4 is 59.1 Å². The Morgan fingerprint density at radius 1 is 0.628 bits per heavy atom. The average molecular weight is 1090 g/mol. The Hall–Kier alpha value is -6.94. The molecular formula is C56H84N10O12. The van der Waals surface area contributed by atoms with Gasteiger partial charge in [0.2, 0.25) is 59.1 Å². The lowest BCUT2D eigenvalue weighted by atomic mass is 9.98. The fourth-order valence-electron chi connectivity index (χ4n) is 9.23. The summed E-state index contributed by atoms with van der Waals surface area (Å²) in [6, 6.07) is 6.78. The Balaban J connectivity index is 1.86. The van der Waals surface area contributed by atoms with Gasteiger partial charge < -0.3 is 60.9 Å². The molecule has 4 rings (SSSR count). The molecule has 6 N–H and O–H groups in total. The molecule has 2 aliphatic rings. The average Bonchev–Trinajstić information content (AvgIpc) is 3.41. The molecule has 430 valence electrons. The van der Waals surface area contributed by atoms with Crippen molar-refractivity contribution < 1.29 is 57.8 Å². The number of ether oxygens (including phenoxy) is 1. The number of aliphatic hydroxyl groups excluding tert-OH is 1. The number of carbonyl (C=O) groups is 10. The third-order valence-electron chi connectivity index (χ3n) is 14.1. The standard InChI is InChI=1S/C56H84N10O12/c1-34(2)28-42-49(71)57-32-46(69)59-40(53(75)66-26-20-15-21-27-66)31-45(68)58-35(3)48(70)61-47(37(5)67)55(77)62(9)36(4)51(73)63(10)43(29-38-22-16-13-17-23-38)50(72)60-41(33-78-56(6,7)8)52(74)65(12)44(54(76)64(42)11)30-39-24-18-14-19-25-39/h13-14,16-19,22-25,34-37,40-44,47,67H,15,20-21,26-33H2,1-12H3,(H,57,71)(H,58,68)(H,59,69)(H,60,72)(H,61,70)/t35-,36+,37-,40+,41+,42+,43+,44+,47+/m1/s1. The number of carbonyl (C=O) groups excluding carboxylic acids is 10. The number of likely N-dealkylation sites (tertiary alicyclic amines) is 1. The Kier molecular flexibility index (Phi) is 23.8. The number of benzene rings is 2. The van der Waals surface area contributed by atoms with Gasteiger partial charge in [-0.3, -0.25) is 47.9 Å². The molecule has 2 aromatic carbocycles. The maximum atomic E-state index is 15.1. The van der Waals surface area contributed by atoms with Crippen LogP contribution in [0.4, 0.5) is 0 Å². The highest BCUT2D eigenvalue weighted by Gasteiger charge is 2.41. The van der Waals surface area contributed by atoms with E-state index in [1.54, 1.807) is 81.4 Å². The van der Waals surface area contributed by atoms with Gasteiger partial charge >= 0.3 is 0 Å². The van der Waals surface area contributed by atoms with Gasteiger partial charge in [0.15, 0.2) is 0 Å². The van der Waals surface area contributed by atoms with Crippen LogP contribution >= 0.6 is 0 Å². The van der Waals surface area contributed by atoms with Crippen LogP contribution in [0.2, 0.25) is 0 Å². The minimum Gasteiger partial charge on any atom is -0.391 e. The van der Waals surface area contributed by atoms with Gasteiger partial charge in [-0.25, -0.2) is 0 Å². The molecule has 2 heterocycles. The second-order valence-electron chi connectivity index (χ2n) is 22.0. The van der Waals surface area contributed by atoms with Crippen LogP contribution in [0.25, 0.3) is 0 Å². The highest BCUT2D eigenvalue weighted by atomic mass is 16.5. The maximum absolute atomic E-state index is 15.1. The van der Waals surface area contributed by atoms with Crippen LogP contribution in [0.1, 0.15) is 98.6 Å². The molecule has 9 atom stereocenters. The topological polar surface area (TPSA) is 277 Å². The van der Waals surface area contributed by atoms with Crippen molar-refractivity contribution in [3.05, 3.63) is 71.8 Å². The summed E-state index contributed by atoms with van der Waals surface area (Å²) in [4.78, 5) is 149. The lowest BCUT2D eigenvalue weighted by Gasteiger charge is -2.37. The van der Waals surface area contributed by atoms with Crippen molar-refractivity contribution in [2.24, 2.45) is 5.92 Å². The summed E-state index contributed by atoms with van der Waals surface area (Å²) in [6.07, 6.45) is 0.194. The molecule has 2 fully saturated rings. The van der Waals surface area contributed by atoms with Crippen LogP contribution in [0.5, 0.6) is 0 Å². The number of hydrogen-bond acceptors (Lipinski definition) is 12. The molecular weight excluding hydrogens is 1000 g/mol.